The van der Waals surface area contributed by atoms with Gasteiger partial charge in [0.2, 0.25) is 5.82 Å². The molecule has 2 rings (SSSR count). The van der Waals surface area contributed by atoms with Crippen molar-refractivity contribution in [3.8, 4) is 0 Å². The fourth-order valence-electron chi connectivity index (χ4n) is 1.51. The average Bonchev–Trinajstić information content (AvgIpc) is 2.83. The summed E-state index contributed by atoms with van der Waals surface area (Å²) in [5.74, 6) is 0.244. The molecule has 0 fully saturated rings. The summed E-state index contributed by atoms with van der Waals surface area (Å²) in [6.07, 6.45) is 3.67. The van der Waals surface area contributed by atoms with Gasteiger partial charge in [0.05, 0.1) is 19.0 Å². The molecule has 0 unspecified atom stereocenters. The highest BCUT2D eigenvalue weighted by molar-refractivity contribution is 7.86. The Hall–Kier alpha value is -2.35. The van der Waals surface area contributed by atoms with Crippen LogP contribution in [0.4, 0.5) is 0 Å². The predicted octanol–water partition coefficient (Wildman–Crippen LogP) is 0.177. The van der Waals surface area contributed by atoms with Crippen LogP contribution in [0.3, 0.4) is 0 Å². The number of benzene rings is 1. The van der Waals surface area contributed by atoms with E-state index in [1.165, 1.54) is 12.4 Å². The molecule has 0 aliphatic rings. The number of hydrogen-bond acceptors (Lipinski definition) is 5. The second kappa shape index (κ2) is 5.74. The lowest BCUT2D eigenvalue weighted by Gasteiger charge is -2.06. The van der Waals surface area contributed by atoms with Crippen LogP contribution in [0.25, 0.3) is 0 Å². The van der Waals surface area contributed by atoms with Crippen molar-refractivity contribution in [3.63, 3.8) is 0 Å². The predicted molar refractivity (Wildman–Crippen MR) is 74.5 cm³/mol. The molecule has 0 bridgehead atoms. The van der Waals surface area contributed by atoms with Gasteiger partial charge in [-0.2, -0.15) is 8.42 Å². The van der Waals surface area contributed by atoms with Crippen molar-refractivity contribution in [3.05, 3.63) is 54.1 Å². The molecule has 0 radical (unpaired) electrons. The molecular formula is C12H14N4O3S. The number of aromatic nitrogens is 2. The van der Waals surface area contributed by atoms with Crippen molar-refractivity contribution >= 4 is 16.0 Å². The first-order valence-electron chi connectivity index (χ1n) is 5.73. The van der Waals surface area contributed by atoms with Gasteiger partial charge in [-0.1, -0.05) is 30.3 Å². The molecule has 1 aromatic heterocycles. The third kappa shape index (κ3) is 3.82. The van der Waals surface area contributed by atoms with Gasteiger partial charge in [0, 0.05) is 6.20 Å². The van der Waals surface area contributed by atoms with E-state index in [1.54, 1.807) is 0 Å². The van der Waals surface area contributed by atoms with Gasteiger partial charge >= 0.3 is 10.1 Å². The van der Waals surface area contributed by atoms with Crippen molar-refractivity contribution in [2.24, 2.45) is 10.7 Å². The van der Waals surface area contributed by atoms with Crippen LogP contribution in [0.2, 0.25) is 0 Å². The van der Waals surface area contributed by atoms with Crippen LogP contribution in [0.5, 0.6) is 0 Å². The Bertz CT molecular complexity index is 707. The third-order valence-electron chi connectivity index (χ3n) is 2.33. The largest absolute Gasteiger partial charge is 0.381 e. The average molecular weight is 294 g/mol. The number of nitrogens with two attached hydrogens (primary N) is 1. The zero-order chi connectivity index (χ0) is 14.6. The van der Waals surface area contributed by atoms with Crippen molar-refractivity contribution in [2.45, 2.75) is 6.54 Å². The second-order valence-corrected chi connectivity index (χ2v) is 5.60. The lowest BCUT2D eigenvalue weighted by molar-refractivity contribution is 0.279. The summed E-state index contributed by atoms with van der Waals surface area (Å²) in [7, 11) is -3.66. The fourth-order valence-corrected chi connectivity index (χ4v) is 1.92. The molecule has 0 saturated heterocycles. The smallest absolute Gasteiger partial charge is 0.324 e. The molecule has 0 aliphatic heterocycles. The van der Waals surface area contributed by atoms with E-state index in [4.69, 9.17) is 10.0 Å². The third-order valence-corrected chi connectivity index (χ3v) is 2.76. The van der Waals surface area contributed by atoms with Crippen LogP contribution in [0.1, 0.15) is 11.4 Å². The first-order chi connectivity index (χ1) is 9.46. The molecule has 1 aromatic carbocycles. The van der Waals surface area contributed by atoms with Crippen molar-refractivity contribution in [1.29, 1.82) is 0 Å². The maximum Gasteiger partial charge on any atom is 0.324 e. The zero-order valence-electron chi connectivity index (χ0n) is 10.8. The number of hydrogen-bond donors (Lipinski definition) is 1. The van der Waals surface area contributed by atoms with Crippen LogP contribution in [-0.4, -0.2) is 30.2 Å². The van der Waals surface area contributed by atoms with E-state index in [2.05, 4.69) is 9.98 Å². The maximum absolute atomic E-state index is 11.1. The summed E-state index contributed by atoms with van der Waals surface area (Å²) in [6.45, 7) is 0.373. The van der Waals surface area contributed by atoms with Gasteiger partial charge in [-0.25, -0.2) is 4.98 Å². The Morgan fingerprint density at radius 2 is 2.10 bits per heavy atom. The van der Waals surface area contributed by atoms with Crippen LogP contribution >= 0.6 is 0 Å². The summed E-state index contributed by atoms with van der Waals surface area (Å²) >= 11 is 0. The van der Waals surface area contributed by atoms with Crippen LogP contribution in [0.15, 0.2) is 47.7 Å². The highest BCUT2D eigenvalue weighted by Crippen LogP contribution is 2.02. The molecule has 0 spiro atoms. The van der Waals surface area contributed by atoms with Gasteiger partial charge in [-0.15, -0.1) is 4.73 Å². The number of aliphatic imine (C=N–C) groups is 1. The van der Waals surface area contributed by atoms with Crippen molar-refractivity contribution in [2.75, 3.05) is 6.26 Å². The van der Waals surface area contributed by atoms with Crippen molar-refractivity contribution < 1.29 is 12.7 Å². The summed E-state index contributed by atoms with van der Waals surface area (Å²) < 4.78 is 27.9. The lowest BCUT2D eigenvalue weighted by atomic mass is 10.2. The SMILES string of the molecule is CS(=O)(=O)On1ccnc1C(N)=NCc1ccccc1. The minimum atomic E-state index is -3.66. The Labute approximate surface area is 116 Å². The minimum Gasteiger partial charge on any atom is -0.381 e. The molecule has 2 aromatic rings. The van der Waals surface area contributed by atoms with Gasteiger partial charge in [0.15, 0.2) is 5.84 Å². The molecule has 1 heterocycles. The summed E-state index contributed by atoms with van der Waals surface area (Å²) in [5.41, 5.74) is 6.78. The fraction of sp³-hybridized carbons (Fsp3) is 0.167. The normalized spacial score (nSPS) is 12.3. The van der Waals surface area contributed by atoms with Gasteiger partial charge in [-0.3, -0.25) is 9.28 Å². The van der Waals surface area contributed by atoms with E-state index >= 15 is 0 Å². The highest BCUT2D eigenvalue weighted by Gasteiger charge is 2.12. The quantitative estimate of drug-likeness (QED) is 0.626. The van der Waals surface area contributed by atoms with Crippen LogP contribution in [-0.2, 0) is 16.7 Å². The van der Waals surface area contributed by atoms with E-state index in [9.17, 15) is 8.42 Å². The standard InChI is InChI=1S/C12H14N4O3S/c1-20(17,18)19-16-8-7-14-12(16)11(13)15-9-10-5-3-2-4-6-10/h2-8H,9H2,1H3,(H2,13,15). The topological polar surface area (TPSA) is 99.6 Å². The number of imidazole rings is 1. The second-order valence-electron chi connectivity index (χ2n) is 4.04. The van der Waals surface area contributed by atoms with E-state index < -0.39 is 10.1 Å². The molecule has 20 heavy (non-hydrogen) atoms. The molecule has 2 N–H and O–H groups in total. The summed E-state index contributed by atoms with van der Waals surface area (Å²) in [6, 6.07) is 9.53. The molecule has 0 aliphatic carbocycles. The maximum atomic E-state index is 11.1. The molecule has 0 amide bonds. The number of nitrogens with zero attached hydrogens (tertiary/aromatic N) is 3. The van der Waals surface area contributed by atoms with Gasteiger partial charge < -0.3 is 5.73 Å². The van der Waals surface area contributed by atoms with E-state index in [1.807, 2.05) is 30.3 Å². The summed E-state index contributed by atoms with van der Waals surface area (Å²) in [4.78, 5) is 8.09. The summed E-state index contributed by atoms with van der Waals surface area (Å²) in [5, 5.41) is 0. The minimum absolute atomic E-state index is 0.0995. The number of rotatable bonds is 5. The Kier molecular flexibility index (Phi) is 4.04. The molecular weight excluding hydrogens is 280 g/mol. The first-order valence-corrected chi connectivity index (χ1v) is 7.55. The molecule has 7 nitrogen and oxygen atoms in total. The van der Waals surface area contributed by atoms with Gasteiger partial charge in [-0.05, 0) is 5.56 Å². The van der Waals surface area contributed by atoms with Gasteiger partial charge in [0.25, 0.3) is 0 Å². The van der Waals surface area contributed by atoms with Gasteiger partial charge in [0.1, 0.15) is 0 Å². The Balaban J connectivity index is 2.17. The molecule has 106 valence electrons. The highest BCUT2D eigenvalue weighted by atomic mass is 32.2. The Morgan fingerprint density at radius 3 is 2.75 bits per heavy atom. The number of amidine groups is 1. The van der Waals surface area contributed by atoms with Crippen molar-refractivity contribution in [1.82, 2.24) is 9.71 Å². The molecule has 8 heteroatoms. The zero-order valence-corrected chi connectivity index (χ0v) is 11.6. The van der Waals surface area contributed by atoms with Crippen LogP contribution in [0, 0.1) is 0 Å². The van der Waals surface area contributed by atoms with Crippen LogP contribution < -0.4 is 10.0 Å². The van der Waals surface area contributed by atoms with E-state index in [0.29, 0.717) is 6.54 Å². The monoisotopic (exact) mass is 294 g/mol. The van der Waals surface area contributed by atoms with E-state index in [0.717, 1.165) is 16.5 Å². The molecule has 0 saturated carbocycles. The molecule has 0 atom stereocenters. The lowest BCUT2D eigenvalue weighted by Crippen LogP contribution is -2.26. The first kappa shape index (κ1) is 14.1. The van der Waals surface area contributed by atoms with E-state index in [-0.39, 0.29) is 11.7 Å². The Morgan fingerprint density at radius 1 is 1.40 bits per heavy atom.